The minimum Gasteiger partial charge on any atom is -0.365 e. The van der Waals surface area contributed by atoms with Gasteiger partial charge in [0.05, 0.1) is 16.6 Å². The van der Waals surface area contributed by atoms with Gasteiger partial charge in [0.15, 0.2) is 5.65 Å². The Kier molecular flexibility index (Phi) is 3.38. The number of carbonyl (C=O) groups is 1. The Morgan fingerprint density at radius 1 is 1.28 bits per heavy atom. The molecular formula is C17H16F2N4O2. The second-order valence-corrected chi connectivity index (χ2v) is 6.49. The molecule has 0 aliphatic heterocycles. The average Bonchev–Trinajstić information content (AvgIpc) is 2.95. The van der Waals surface area contributed by atoms with Gasteiger partial charge in [-0.25, -0.2) is 8.78 Å². The van der Waals surface area contributed by atoms with E-state index < -0.39 is 11.8 Å². The van der Waals surface area contributed by atoms with Gasteiger partial charge in [0.2, 0.25) is 5.92 Å². The Balaban J connectivity index is 1.94. The molecule has 0 radical (unpaired) electrons. The molecule has 1 aromatic carbocycles. The zero-order chi connectivity index (χ0) is 17.8. The number of nitrogens with one attached hydrogen (secondary N) is 1. The minimum absolute atomic E-state index is 0.109. The molecule has 1 amide bonds. The number of nitrogens with two attached hydrogens (primary N) is 1. The normalized spacial score (nSPS) is 18.0. The molecular weight excluding hydrogens is 330 g/mol. The van der Waals surface area contributed by atoms with Crippen LogP contribution in [0, 0.1) is 0 Å². The molecule has 2 aromatic heterocycles. The molecule has 1 aliphatic rings. The van der Waals surface area contributed by atoms with Gasteiger partial charge in [-0.2, -0.15) is 9.61 Å². The number of hydrogen-bond donors (Lipinski definition) is 2. The summed E-state index contributed by atoms with van der Waals surface area (Å²) < 4.78 is 28.0. The fourth-order valence-corrected chi connectivity index (χ4v) is 3.56. The van der Waals surface area contributed by atoms with Gasteiger partial charge in [-0.05, 0) is 25.0 Å². The fraction of sp³-hybridized carbons (Fsp3) is 0.353. The van der Waals surface area contributed by atoms with E-state index in [0.717, 1.165) is 4.52 Å². The van der Waals surface area contributed by atoms with Crippen LogP contribution in [-0.4, -0.2) is 26.4 Å². The summed E-state index contributed by atoms with van der Waals surface area (Å²) in [6.45, 7) is 0. The molecule has 0 atom stereocenters. The third-order valence-electron chi connectivity index (χ3n) is 4.87. The predicted molar refractivity (Wildman–Crippen MR) is 88.0 cm³/mol. The molecule has 1 aliphatic carbocycles. The van der Waals surface area contributed by atoms with Crippen LogP contribution in [0.25, 0.3) is 16.6 Å². The van der Waals surface area contributed by atoms with Gasteiger partial charge in [0.25, 0.3) is 11.5 Å². The van der Waals surface area contributed by atoms with Crippen LogP contribution in [0.3, 0.4) is 0 Å². The molecule has 1 saturated carbocycles. The van der Waals surface area contributed by atoms with Crippen molar-refractivity contribution in [1.82, 2.24) is 14.6 Å². The van der Waals surface area contributed by atoms with Gasteiger partial charge < -0.3 is 10.7 Å². The molecule has 0 saturated heterocycles. The van der Waals surface area contributed by atoms with Gasteiger partial charge in [0.1, 0.15) is 5.56 Å². The lowest BCUT2D eigenvalue weighted by atomic mass is 9.83. The van der Waals surface area contributed by atoms with E-state index in [9.17, 15) is 18.4 Å². The van der Waals surface area contributed by atoms with Crippen molar-refractivity contribution in [2.24, 2.45) is 5.73 Å². The highest BCUT2D eigenvalue weighted by Gasteiger charge is 2.38. The second kappa shape index (κ2) is 5.37. The van der Waals surface area contributed by atoms with Crippen molar-refractivity contribution in [1.29, 1.82) is 0 Å². The predicted octanol–water partition coefficient (Wildman–Crippen LogP) is 2.57. The van der Waals surface area contributed by atoms with Crippen LogP contribution in [-0.2, 0) is 0 Å². The van der Waals surface area contributed by atoms with Crippen LogP contribution in [0.2, 0.25) is 0 Å². The second-order valence-electron chi connectivity index (χ2n) is 6.49. The van der Waals surface area contributed by atoms with Gasteiger partial charge in [-0.3, -0.25) is 9.59 Å². The number of hydrogen-bond acceptors (Lipinski definition) is 3. The quantitative estimate of drug-likeness (QED) is 0.747. The Bertz CT molecular complexity index is 1040. The van der Waals surface area contributed by atoms with Crippen LogP contribution in [0.15, 0.2) is 29.1 Å². The summed E-state index contributed by atoms with van der Waals surface area (Å²) in [5.74, 6) is -3.74. The molecule has 1 fully saturated rings. The number of para-hydroxylation sites is 1. The van der Waals surface area contributed by atoms with Crippen LogP contribution in [0.5, 0.6) is 0 Å². The van der Waals surface area contributed by atoms with Gasteiger partial charge in [-0.1, -0.05) is 12.1 Å². The van der Waals surface area contributed by atoms with Crippen molar-refractivity contribution in [2.45, 2.75) is 37.5 Å². The number of aromatic amines is 1. The van der Waals surface area contributed by atoms with Gasteiger partial charge in [-0.15, -0.1) is 0 Å². The van der Waals surface area contributed by atoms with Crippen molar-refractivity contribution >= 4 is 22.5 Å². The van der Waals surface area contributed by atoms with Crippen molar-refractivity contribution in [3.05, 3.63) is 45.9 Å². The third-order valence-corrected chi connectivity index (χ3v) is 4.87. The first-order valence-electron chi connectivity index (χ1n) is 8.09. The van der Waals surface area contributed by atoms with E-state index in [1.165, 1.54) is 0 Å². The molecule has 3 aromatic rings. The van der Waals surface area contributed by atoms with Crippen LogP contribution in [0.1, 0.15) is 47.7 Å². The van der Waals surface area contributed by atoms with Gasteiger partial charge in [0, 0.05) is 18.8 Å². The molecule has 6 nitrogen and oxygen atoms in total. The SMILES string of the molecule is NC(=O)c1c(C2CCC(F)(F)CC2)nn2c(=O)c3ccccc3[nH]c12. The Labute approximate surface area is 140 Å². The lowest BCUT2D eigenvalue weighted by Crippen LogP contribution is -2.25. The van der Waals surface area contributed by atoms with E-state index in [2.05, 4.69) is 10.1 Å². The maximum absolute atomic E-state index is 13.4. The highest BCUT2D eigenvalue weighted by molar-refractivity contribution is 6.01. The van der Waals surface area contributed by atoms with E-state index in [4.69, 9.17) is 5.73 Å². The number of nitrogens with zero attached hydrogens (tertiary/aromatic N) is 2. The highest BCUT2D eigenvalue weighted by Crippen LogP contribution is 2.41. The first-order valence-corrected chi connectivity index (χ1v) is 8.09. The molecule has 0 bridgehead atoms. The molecule has 4 rings (SSSR count). The number of rotatable bonds is 2. The van der Waals surface area contributed by atoms with E-state index >= 15 is 0 Å². The van der Waals surface area contributed by atoms with E-state index in [-0.39, 0.29) is 48.4 Å². The number of carbonyl (C=O) groups excluding carboxylic acids is 1. The molecule has 0 spiro atoms. The minimum atomic E-state index is -2.69. The molecule has 3 N–H and O–H groups in total. The molecule has 130 valence electrons. The summed E-state index contributed by atoms with van der Waals surface area (Å²) in [6, 6.07) is 6.86. The van der Waals surface area contributed by atoms with E-state index in [0.29, 0.717) is 16.6 Å². The van der Waals surface area contributed by atoms with E-state index in [1.54, 1.807) is 24.3 Å². The lowest BCUT2D eigenvalue weighted by molar-refractivity contribution is -0.0385. The first kappa shape index (κ1) is 15.7. The molecule has 0 unspecified atom stereocenters. The Morgan fingerprint density at radius 2 is 1.96 bits per heavy atom. The molecule has 8 heteroatoms. The van der Waals surface area contributed by atoms with Crippen LogP contribution in [0.4, 0.5) is 8.78 Å². The maximum atomic E-state index is 13.4. The Hall–Kier alpha value is -2.77. The summed E-state index contributed by atoms with van der Waals surface area (Å²) in [6.07, 6.45) is -0.130. The van der Waals surface area contributed by atoms with Crippen molar-refractivity contribution < 1.29 is 13.6 Å². The number of fused-ring (bicyclic) bond motifs is 2. The largest absolute Gasteiger partial charge is 0.365 e. The summed E-state index contributed by atoms with van der Waals surface area (Å²) in [5.41, 5.74) is 6.35. The number of amides is 1. The van der Waals surface area contributed by atoms with Crippen molar-refractivity contribution in [2.75, 3.05) is 0 Å². The van der Waals surface area contributed by atoms with Crippen LogP contribution >= 0.6 is 0 Å². The standard InChI is InChI=1S/C17H16F2N4O2/c18-17(19)7-5-9(6-8-17)13-12(14(20)24)15-21-11-4-2-1-3-10(11)16(25)23(15)22-13/h1-4,9,21H,5-8H2,(H2,20,24). The van der Waals surface area contributed by atoms with Crippen LogP contribution < -0.4 is 11.3 Å². The monoisotopic (exact) mass is 346 g/mol. The zero-order valence-electron chi connectivity index (χ0n) is 13.3. The summed E-state index contributed by atoms with van der Waals surface area (Å²) >= 11 is 0. The maximum Gasteiger partial charge on any atom is 0.282 e. The number of benzene rings is 1. The topological polar surface area (TPSA) is 93.2 Å². The zero-order valence-corrected chi connectivity index (χ0v) is 13.3. The smallest absolute Gasteiger partial charge is 0.282 e. The van der Waals surface area contributed by atoms with Crippen molar-refractivity contribution in [3.63, 3.8) is 0 Å². The van der Waals surface area contributed by atoms with Gasteiger partial charge >= 0.3 is 0 Å². The third kappa shape index (κ3) is 2.48. The average molecular weight is 346 g/mol. The fourth-order valence-electron chi connectivity index (χ4n) is 3.56. The first-order chi connectivity index (χ1) is 11.9. The number of H-pyrrole nitrogens is 1. The number of primary amides is 1. The molecule has 25 heavy (non-hydrogen) atoms. The summed E-state index contributed by atoms with van der Waals surface area (Å²) in [5, 5.41) is 4.71. The Morgan fingerprint density at radius 3 is 2.64 bits per heavy atom. The summed E-state index contributed by atoms with van der Waals surface area (Å²) in [7, 11) is 0. The number of aromatic nitrogens is 3. The molecule has 2 heterocycles. The summed E-state index contributed by atoms with van der Waals surface area (Å²) in [4.78, 5) is 27.7. The van der Waals surface area contributed by atoms with Crippen molar-refractivity contribution in [3.8, 4) is 0 Å². The number of alkyl halides is 2. The highest BCUT2D eigenvalue weighted by atomic mass is 19.3. The van der Waals surface area contributed by atoms with E-state index in [1.807, 2.05) is 0 Å². The number of halogens is 2. The lowest BCUT2D eigenvalue weighted by Gasteiger charge is -2.27.